The van der Waals surface area contributed by atoms with Crippen LogP contribution in [0.15, 0.2) is 115 Å². The van der Waals surface area contributed by atoms with Gasteiger partial charge in [0.1, 0.15) is 6.61 Å². The number of benzene rings is 3. The number of aliphatic hydroxyl groups is 1. The molecule has 0 saturated carbocycles. The summed E-state index contributed by atoms with van der Waals surface area (Å²) in [4.78, 5) is 11.8. The fraction of sp³-hybridized carbons (Fsp3) is 0.257. The van der Waals surface area contributed by atoms with Gasteiger partial charge in [0.25, 0.3) is 5.03 Å². The van der Waals surface area contributed by atoms with Crippen molar-refractivity contribution in [3.05, 3.63) is 137 Å². The van der Waals surface area contributed by atoms with Gasteiger partial charge in [0.05, 0.1) is 18.8 Å². The molecule has 1 amide bonds. The fourth-order valence-electron chi connectivity index (χ4n) is 5.06. The summed E-state index contributed by atoms with van der Waals surface area (Å²) in [6, 6.07) is 29.2. The lowest BCUT2D eigenvalue weighted by Gasteiger charge is -2.41. The molecular formula is C35H36N2O6S. The molecule has 1 fully saturated rings. The van der Waals surface area contributed by atoms with Gasteiger partial charge in [0.2, 0.25) is 0 Å². The van der Waals surface area contributed by atoms with Gasteiger partial charge < -0.3 is 29.8 Å². The summed E-state index contributed by atoms with van der Waals surface area (Å²) < 4.78 is 19.0. The van der Waals surface area contributed by atoms with Crippen molar-refractivity contribution in [3.8, 4) is 11.1 Å². The topological polar surface area (TPSA) is 104 Å². The van der Waals surface area contributed by atoms with Crippen LogP contribution >= 0.6 is 11.8 Å². The minimum atomic E-state index is -0.611. The van der Waals surface area contributed by atoms with Gasteiger partial charge in [-0.2, -0.15) is 4.73 Å². The van der Waals surface area contributed by atoms with Crippen LogP contribution in [-0.2, 0) is 27.4 Å². The molecule has 1 aliphatic rings. The van der Waals surface area contributed by atoms with E-state index >= 15 is 0 Å². The number of aromatic nitrogens is 1. The van der Waals surface area contributed by atoms with Crippen LogP contribution in [-0.4, -0.2) is 29.7 Å². The van der Waals surface area contributed by atoms with Gasteiger partial charge in [-0.15, -0.1) is 0 Å². The van der Waals surface area contributed by atoms with E-state index in [1.807, 2.05) is 84.9 Å². The molecule has 0 unspecified atom stereocenters. The van der Waals surface area contributed by atoms with E-state index in [2.05, 4.69) is 18.8 Å². The lowest BCUT2D eigenvalue weighted by atomic mass is 9.91. The molecule has 0 spiro atoms. The smallest absolute Gasteiger partial charge is 0.407 e. The van der Waals surface area contributed by atoms with Crippen molar-refractivity contribution >= 4 is 17.9 Å². The van der Waals surface area contributed by atoms with Crippen molar-refractivity contribution < 1.29 is 28.8 Å². The quantitative estimate of drug-likeness (QED) is 0.0865. The number of ether oxygens (including phenoxy) is 3. The molecule has 4 aromatic rings. The van der Waals surface area contributed by atoms with Crippen LogP contribution in [0.3, 0.4) is 0 Å². The lowest BCUT2D eigenvalue weighted by Crippen LogP contribution is -2.39. The second-order valence-electron chi connectivity index (χ2n) is 10.6. The minimum absolute atomic E-state index is 0.00668. The van der Waals surface area contributed by atoms with E-state index in [0.717, 1.165) is 38.1 Å². The minimum Gasteiger partial charge on any atom is -0.618 e. The van der Waals surface area contributed by atoms with E-state index in [1.165, 1.54) is 24.0 Å². The molecule has 1 saturated heterocycles. The van der Waals surface area contributed by atoms with Crippen LogP contribution in [0.5, 0.6) is 0 Å². The van der Waals surface area contributed by atoms with Gasteiger partial charge in [-0.1, -0.05) is 98.1 Å². The normalized spacial score (nSPS) is 19.7. The van der Waals surface area contributed by atoms with Gasteiger partial charge in [-0.05, 0) is 39.9 Å². The van der Waals surface area contributed by atoms with Crippen LogP contribution in [0, 0.1) is 11.1 Å². The van der Waals surface area contributed by atoms with Crippen LogP contribution in [0.2, 0.25) is 0 Å². The van der Waals surface area contributed by atoms with Gasteiger partial charge in [-0.25, -0.2) is 4.79 Å². The third kappa shape index (κ3) is 7.86. The molecule has 44 heavy (non-hydrogen) atoms. The first-order chi connectivity index (χ1) is 21.4. The Hall–Kier alpha value is -4.15. The van der Waals surface area contributed by atoms with E-state index in [9.17, 15) is 15.1 Å². The zero-order valence-electron chi connectivity index (χ0n) is 24.5. The second-order valence-corrected chi connectivity index (χ2v) is 11.6. The average molecular weight is 613 g/mol. The maximum absolute atomic E-state index is 12.3. The number of alkyl carbamates (subject to hydrolysis) is 1. The molecular weight excluding hydrogens is 576 g/mol. The molecule has 0 bridgehead atoms. The number of carbonyl (C=O) groups excluding carboxylic acids is 1. The summed E-state index contributed by atoms with van der Waals surface area (Å²) in [5.74, 6) is 0.589. The lowest BCUT2D eigenvalue weighted by molar-refractivity contribution is -0.645. The van der Waals surface area contributed by atoms with Crippen LogP contribution < -0.4 is 10.0 Å². The third-order valence-electron chi connectivity index (χ3n) is 7.52. The Morgan fingerprint density at radius 2 is 1.77 bits per heavy atom. The number of aliphatic hydroxyl groups excluding tert-OH is 1. The molecule has 1 aliphatic heterocycles. The number of pyridine rings is 1. The summed E-state index contributed by atoms with van der Waals surface area (Å²) in [7, 11) is 0. The fourth-order valence-corrected chi connectivity index (χ4v) is 6.14. The molecule has 2 heterocycles. The van der Waals surface area contributed by atoms with Gasteiger partial charge in [0.15, 0.2) is 12.5 Å². The number of carbonyl (C=O) groups is 1. The number of thioether (sulfide) groups is 1. The number of nitrogens with zero attached hydrogens (tertiary/aromatic N) is 1. The Labute approximate surface area is 261 Å². The van der Waals surface area contributed by atoms with Gasteiger partial charge in [-0.3, -0.25) is 0 Å². The van der Waals surface area contributed by atoms with Crippen LogP contribution in [0.4, 0.5) is 4.79 Å². The number of nitrogens with one attached hydrogen (secondary N) is 1. The largest absolute Gasteiger partial charge is 0.618 e. The van der Waals surface area contributed by atoms with Crippen molar-refractivity contribution in [2.75, 3.05) is 12.4 Å². The molecule has 3 aromatic carbocycles. The maximum atomic E-state index is 12.3. The SMILES string of the molecule is C=CCOC(=O)NCc1cccc(-c2ccc([C@@H]3O[C@H](CSc4cccc[n+]4[O-])[C@H](C)[C@H](c4ccc(CO)cc4)O3)cc2)c1. The Balaban J connectivity index is 1.33. The van der Waals surface area contributed by atoms with Crippen molar-refractivity contribution in [2.24, 2.45) is 5.92 Å². The molecule has 8 nitrogen and oxygen atoms in total. The second kappa shape index (κ2) is 15.0. The van der Waals surface area contributed by atoms with E-state index in [1.54, 1.807) is 6.07 Å². The highest BCUT2D eigenvalue weighted by atomic mass is 32.2. The van der Waals surface area contributed by atoms with E-state index in [0.29, 0.717) is 17.3 Å². The predicted molar refractivity (Wildman–Crippen MR) is 169 cm³/mol. The van der Waals surface area contributed by atoms with Crippen molar-refractivity contribution in [1.29, 1.82) is 0 Å². The predicted octanol–water partition coefficient (Wildman–Crippen LogP) is 6.48. The zero-order chi connectivity index (χ0) is 30.9. The first-order valence-corrected chi connectivity index (χ1v) is 15.5. The molecule has 4 atom stereocenters. The van der Waals surface area contributed by atoms with E-state index in [4.69, 9.17) is 14.2 Å². The van der Waals surface area contributed by atoms with Crippen molar-refractivity contribution in [2.45, 2.75) is 43.6 Å². The summed E-state index contributed by atoms with van der Waals surface area (Å²) in [6.45, 7) is 6.13. The molecule has 2 N–H and O–H groups in total. The molecule has 0 aliphatic carbocycles. The van der Waals surface area contributed by atoms with Crippen LogP contribution in [0.1, 0.15) is 41.6 Å². The number of hydrogen-bond donors (Lipinski definition) is 2. The summed E-state index contributed by atoms with van der Waals surface area (Å²) in [5.41, 5.74) is 5.70. The average Bonchev–Trinajstić information content (AvgIpc) is 3.07. The van der Waals surface area contributed by atoms with Gasteiger partial charge >= 0.3 is 6.09 Å². The number of rotatable bonds is 11. The maximum Gasteiger partial charge on any atom is 0.407 e. The Kier molecular flexibility index (Phi) is 10.7. The molecule has 0 radical (unpaired) electrons. The van der Waals surface area contributed by atoms with E-state index in [-0.39, 0.29) is 31.3 Å². The molecule has 228 valence electrons. The van der Waals surface area contributed by atoms with Gasteiger partial charge in [0, 0.05) is 35.9 Å². The third-order valence-corrected chi connectivity index (χ3v) is 8.63. The Bertz CT molecular complexity index is 1550. The highest BCUT2D eigenvalue weighted by molar-refractivity contribution is 7.99. The number of amides is 1. The molecule has 1 aromatic heterocycles. The summed E-state index contributed by atoms with van der Waals surface area (Å²) >= 11 is 1.47. The molecule has 9 heteroatoms. The standard InChI is InChI=1S/C35H36N2O6S/c1-3-19-41-35(39)36-21-26-7-6-8-30(20-26)27-14-16-29(17-15-27)34-42-31(23-44-32-9-4-5-18-37(32)40)24(2)33(43-34)28-12-10-25(22-38)11-13-28/h3-18,20,24,31,33-34,38H,1,19,21-23H2,2H3,(H,36,39)/t24-,31+,33+,34+/m0/s1. The highest BCUT2D eigenvalue weighted by Gasteiger charge is 2.38. The van der Waals surface area contributed by atoms with Crippen LogP contribution in [0.25, 0.3) is 11.1 Å². The summed E-state index contributed by atoms with van der Waals surface area (Å²) in [5, 5.41) is 25.1. The Morgan fingerprint density at radius 3 is 2.50 bits per heavy atom. The monoisotopic (exact) mass is 612 g/mol. The number of hydrogen-bond acceptors (Lipinski definition) is 7. The Morgan fingerprint density at radius 1 is 1.00 bits per heavy atom. The zero-order valence-corrected chi connectivity index (χ0v) is 25.3. The van der Waals surface area contributed by atoms with Crippen molar-refractivity contribution in [3.63, 3.8) is 0 Å². The molecule has 5 rings (SSSR count). The highest BCUT2D eigenvalue weighted by Crippen LogP contribution is 2.43. The summed E-state index contributed by atoms with van der Waals surface area (Å²) in [6.07, 6.45) is 1.48. The van der Waals surface area contributed by atoms with E-state index < -0.39 is 12.4 Å². The van der Waals surface area contributed by atoms with Crippen molar-refractivity contribution in [1.82, 2.24) is 5.32 Å². The first kappa shape index (κ1) is 31.3. The first-order valence-electron chi connectivity index (χ1n) is 14.5.